The van der Waals surface area contributed by atoms with E-state index in [1.165, 1.54) is 0 Å². The first-order chi connectivity index (χ1) is 21.8. The normalized spacial score (nSPS) is 18.7. The van der Waals surface area contributed by atoms with Crippen molar-refractivity contribution in [2.24, 2.45) is 20.0 Å². The van der Waals surface area contributed by atoms with Gasteiger partial charge in [-0.25, -0.2) is 20.0 Å². The summed E-state index contributed by atoms with van der Waals surface area (Å²) < 4.78 is 0. The largest absolute Gasteiger partial charge is 0.249 e. The van der Waals surface area contributed by atoms with Gasteiger partial charge in [0.15, 0.2) is 0 Å². The molecule has 8 heteroatoms. The Hall–Kier alpha value is -4.60. The summed E-state index contributed by atoms with van der Waals surface area (Å²) in [5, 5.41) is 17.3. The van der Waals surface area contributed by atoms with E-state index in [0.717, 1.165) is 90.2 Å². The third-order valence-electron chi connectivity index (χ3n) is 7.74. The number of nitrogens with zero attached hydrogens (tertiary/aromatic N) is 4. The molecule has 0 aliphatic carbocycles. The molecule has 8 bridgehead atoms. The van der Waals surface area contributed by atoms with Crippen LogP contribution in [0.25, 0.3) is 22.3 Å². The average Bonchev–Trinajstić information content (AvgIpc) is 3.87. The third-order valence-corrected chi connectivity index (χ3v) is 10.5. The zero-order valence-electron chi connectivity index (χ0n) is 23.0. The van der Waals surface area contributed by atoms with Crippen molar-refractivity contribution < 1.29 is 0 Å². The molecule has 0 unspecified atom stereocenters. The molecule has 4 nitrogen and oxygen atoms in total. The molecule has 0 saturated carbocycles. The van der Waals surface area contributed by atoms with Crippen LogP contribution in [0.15, 0.2) is 159 Å². The van der Waals surface area contributed by atoms with Crippen LogP contribution in [0.5, 0.6) is 0 Å². The maximum Gasteiger partial charge on any atom is 0.0823 e. The molecule has 0 radical (unpaired) electrons. The van der Waals surface area contributed by atoms with Crippen molar-refractivity contribution >= 4 is 90.5 Å². The van der Waals surface area contributed by atoms with Gasteiger partial charge in [0.25, 0.3) is 0 Å². The van der Waals surface area contributed by atoms with Crippen LogP contribution < -0.4 is 0 Å². The molecular formula is C36H20N4S4. The van der Waals surface area contributed by atoms with Gasteiger partial charge in [-0.05, 0) is 138 Å². The molecule has 9 rings (SSSR count). The van der Waals surface area contributed by atoms with Gasteiger partial charge in [-0.1, -0.05) is 0 Å². The van der Waals surface area contributed by atoms with Crippen molar-refractivity contribution in [1.29, 1.82) is 0 Å². The standard InChI is InChI=1S/C36H20N4S4/c1-2-27-14-29-15-30(21-5-9-41-17-21)35(39-29)34(24-8-12-44-20-24)36-33(23-7-11-43-19-23)32(22-6-10-42-18-22)31(40-36)16-28-4-3-26(38-28)13-25(1)37-27/h1-20H. The highest BCUT2D eigenvalue weighted by Gasteiger charge is 2.33. The van der Waals surface area contributed by atoms with E-state index in [1.807, 2.05) is 24.3 Å². The number of hydrogen-bond acceptors (Lipinski definition) is 8. The summed E-state index contributed by atoms with van der Waals surface area (Å²) in [4.78, 5) is 20.6. The smallest absolute Gasteiger partial charge is 0.0823 e. The minimum atomic E-state index is 0.865. The first-order valence-electron chi connectivity index (χ1n) is 13.9. The summed E-state index contributed by atoms with van der Waals surface area (Å²) >= 11 is 6.77. The predicted octanol–water partition coefficient (Wildman–Crippen LogP) is 9.93. The summed E-state index contributed by atoms with van der Waals surface area (Å²) in [6.07, 6.45) is 16.5. The Morgan fingerprint density at radius 3 is 1.59 bits per heavy atom. The average molecular weight is 637 g/mol. The molecule has 0 aromatic carbocycles. The summed E-state index contributed by atoms with van der Waals surface area (Å²) in [6.45, 7) is 0. The Balaban J connectivity index is 1.41. The number of allylic oxidation sites excluding steroid dienone is 12. The van der Waals surface area contributed by atoms with Crippen LogP contribution in [0.3, 0.4) is 0 Å². The van der Waals surface area contributed by atoms with Crippen molar-refractivity contribution in [2.75, 3.05) is 0 Å². The SMILES string of the molecule is C1=CC2=NC1=CC1=NC(=C(c3ccsc3)C3=NC(=CC4=NC(=C2)C=C4)C=C3c2ccsc2)C(c2ccsc2)=C1c1ccsc1. The summed E-state index contributed by atoms with van der Waals surface area (Å²) in [6, 6.07) is 8.73. The Labute approximate surface area is 269 Å². The Kier molecular flexibility index (Phi) is 6.19. The highest BCUT2D eigenvalue weighted by atomic mass is 32.1. The molecule has 5 aliphatic heterocycles. The Morgan fingerprint density at radius 1 is 0.432 bits per heavy atom. The van der Waals surface area contributed by atoms with Gasteiger partial charge in [-0.15, -0.1) is 0 Å². The van der Waals surface area contributed by atoms with E-state index in [9.17, 15) is 0 Å². The molecular weight excluding hydrogens is 617 g/mol. The van der Waals surface area contributed by atoms with E-state index in [-0.39, 0.29) is 0 Å². The van der Waals surface area contributed by atoms with Gasteiger partial charge >= 0.3 is 0 Å². The number of rotatable bonds is 4. The lowest BCUT2D eigenvalue weighted by atomic mass is 9.88. The lowest BCUT2D eigenvalue weighted by Crippen LogP contribution is -2.05. The van der Waals surface area contributed by atoms with Crippen LogP contribution in [-0.4, -0.2) is 22.8 Å². The van der Waals surface area contributed by atoms with Gasteiger partial charge < -0.3 is 0 Å². The van der Waals surface area contributed by atoms with Gasteiger partial charge in [0.2, 0.25) is 0 Å². The lowest BCUT2D eigenvalue weighted by Gasteiger charge is -2.15. The van der Waals surface area contributed by atoms with Crippen LogP contribution >= 0.6 is 45.3 Å². The van der Waals surface area contributed by atoms with E-state index in [0.29, 0.717) is 0 Å². The van der Waals surface area contributed by atoms with Gasteiger partial charge in [-0.3, -0.25) is 0 Å². The minimum absolute atomic E-state index is 0.865. The second-order valence-electron chi connectivity index (χ2n) is 10.5. The van der Waals surface area contributed by atoms with Crippen molar-refractivity contribution in [3.8, 4) is 0 Å². The molecule has 4 aromatic rings. The van der Waals surface area contributed by atoms with Crippen LogP contribution in [0, 0.1) is 0 Å². The third kappa shape index (κ3) is 4.46. The second kappa shape index (κ2) is 10.5. The zero-order chi connectivity index (χ0) is 29.0. The quantitative estimate of drug-likeness (QED) is 0.214. The summed E-state index contributed by atoms with van der Waals surface area (Å²) in [7, 11) is 0. The first kappa shape index (κ1) is 25.9. The molecule has 0 saturated heterocycles. The van der Waals surface area contributed by atoms with Crippen molar-refractivity contribution in [2.45, 2.75) is 0 Å². The molecule has 9 heterocycles. The number of hydrogen-bond donors (Lipinski definition) is 0. The Bertz CT molecular complexity index is 2210. The van der Waals surface area contributed by atoms with Gasteiger partial charge in [0, 0.05) is 22.3 Å². The molecule has 0 spiro atoms. The molecule has 5 aliphatic rings. The van der Waals surface area contributed by atoms with Gasteiger partial charge in [0.05, 0.1) is 45.6 Å². The second-order valence-corrected chi connectivity index (χ2v) is 13.6. The number of thiophene rings is 4. The summed E-state index contributed by atoms with van der Waals surface area (Å²) in [5.74, 6) is 0. The van der Waals surface area contributed by atoms with Crippen LogP contribution in [0.1, 0.15) is 22.3 Å². The first-order valence-corrected chi connectivity index (χ1v) is 17.7. The highest BCUT2D eigenvalue weighted by Crippen LogP contribution is 2.47. The lowest BCUT2D eigenvalue weighted by molar-refractivity contribution is 1.41. The zero-order valence-corrected chi connectivity index (χ0v) is 26.2. The molecule has 0 atom stereocenters. The predicted molar refractivity (Wildman–Crippen MR) is 191 cm³/mol. The van der Waals surface area contributed by atoms with Gasteiger partial charge in [-0.2, -0.15) is 45.3 Å². The van der Waals surface area contributed by atoms with E-state index in [1.54, 1.807) is 45.3 Å². The van der Waals surface area contributed by atoms with Gasteiger partial charge in [0.1, 0.15) is 0 Å². The van der Waals surface area contributed by atoms with Crippen LogP contribution in [0.2, 0.25) is 0 Å². The van der Waals surface area contributed by atoms with Crippen LogP contribution in [-0.2, 0) is 0 Å². The fourth-order valence-corrected chi connectivity index (χ4v) is 8.43. The molecule has 0 N–H and O–H groups in total. The fraction of sp³-hybridized carbons (Fsp3) is 0. The molecule has 4 aromatic heterocycles. The maximum absolute atomic E-state index is 5.50. The Morgan fingerprint density at radius 2 is 0.977 bits per heavy atom. The van der Waals surface area contributed by atoms with Crippen molar-refractivity contribution in [3.05, 3.63) is 161 Å². The van der Waals surface area contributed by atoms with E-state index < -0.39 is 0 Å². The maximum atomic E-state index is 5.50. The monoisotopic (exact) mass is 636 g/mol. The molecule has 208 valence electrons. The van der Waals surface area contributed by atoms with E-state index in [2.05, 4.69) is 91.6 Å². The minimum Gasteiger partial charge on any atom is -0.249 e. The number of fused-ring (bicyclic) bond motifs is 4. The summed E-state index contributed by atoms with van der Waals surface area (Å²) in [5.41, 5.74) is 16.0. The highest BCUT2D eigenvalue weighted by molar-refractivity contribution is 7.09. The van der Waals surface area contributed by atoms with E-state index in [4.69, 9.17) is 20.0 Å². The molecule has 44 heavy (non-hydrogen) atoms. The van der Waals surface area contributed by atoms with E-state index >= 15 is 0 Å². The van der Waals surface area contributed by atoms with Crippen LogP contribution in [0.4, 0.5) is 0 Å². The topological polar surface area (TPSA) is 49.4 Å². The van der Waals surface area contributed by atoms with Crippen molar-refractivity contribution in [3.63, 3.8) is 0 Å². The molecule has 0 amide bonds. The number of aliphatic imine (C=N–C) groups is 4. The fourth-order valence-electron chi connectivity index (χ4n) is 5.84. The van der Waals surface area contributed by atoms with Crippen molar-refractivity contribution in [1.82, 2.24) is 0 Å². The molecule has 0 fully saturated rings.